The molecule has 0 fully saturated rings. The normalized spacial score (nSPS) is 11.3. The summed E-state index contributed by atoms with van der Waals surface area (Å²) in [7, 11) is 0. The smallest absolute Gasteiger partial charge is 0.224 e. The molecule has 0 aliphatic rings. The van der Waals surface area contributed by atoms with Gasteiger partial charge in [0.1, 0.15) is 0 Å². The Hall–Kier alpha value is -0.410. The Kier molecular flexibility index (Phi) is 18.5. The Balaban J connectivity index is 1.64. The lowest BCUT2D eigenvalue weighted by atomic mass is 10.0. The molecule has 0 aromatic carbocycles. The topological polar surface area (TPSA) is 13.1 Å². The van der Waals surface area contributed by atoms with Crippen molar-refractivity contribution in [1.29, 1.82) is 0 Å². The van der Waals surface area contributed by atoms with Crippen LogP contribution in [0.25, 0.3) is 0 Å². The van der Waals surface area contributed by atoms with E-state index < -0.39 is 0 Å². The van der Waals surface area contributed by atoms with E-state index in [2.05, 4.69) is 28.6 Å². The number of aromatic nitrogens is 1. The first-order chi connectivity index (χ1) is 13.4. The lowest BCUT2D eigenvalue weighted by Crippen LogP contribution is -2.30. The van der Waals surface area contributed by atoms with Gasteiger partial charge in [0.2, 0.25) is 5.51 Å². The molecule has 1 aromatic rings. The second kappa shape index (κ2) is 20.3. The van der Waals surface area contributed by atoms with Crippen LogP contribution in [0, 0.1) is 0 Å². The largest absolute Gasteiger partial charge is 0.381 e. The van der Waals surface area contributed by atoms with E-state index in [9.17, 15) is 0 Å². The molecule has 0 N–H and O–H groups in total. The molecule has 27 heavy (non-hydrogen) atoms. The van der Waals surface area contributed by atoms with Gasteiger partial charge in [0.05, 0.1) is 12.0 Å². The maximum absolute atomic E-state index is 5.74. The Morgan fingerprint density at radius 3 is 1.59 bits per heavy atom. The van der Waals surface area contributed by atoms with Crippen LogP contribution in [-0.2, 0) is 11.3 Å². The monoisotopic (exact) mass is 396 g/mol. The molecule has 1 aromatic heterocycles. The van der Waals surface area contributed by atoms with E-state index in [1.165, 1.54) is 103 Å². The van der Waals surface area contributed by atoms with Crippen molar-refractivity contribution in [2.75, 3.05) is 13.2 Å². The van der Waals surface area contributed by atoms with Gasteiger partial charge in [-0.05, 0) is 6.42 Å². The van der Waals surface area contributed by atoms with Crippen molar-refractivity contribution >= 4 is 11.3 Å². The fraction of sp³-hybridized carbons (Fsp3) is 0.875. The quantitative estimate of drug-likeness (QED) is 0.153. The lowest BCUT2D eigenvalue weighted by molar-refractivity contribution is -0.692. The number of hydrogen-bond acceptors (Lipinski definition) is 2. The van der Waals surface area contributed by atoms with Crippen molar-refractivity contribution in [2.24, 2.45) is 0 Å². The van der Waals surface area contributed by atoms with Crippen LogP contribution < -0.4 is 4.57 Å². The molecule has 1 rings (SSSR count). The first kappa shape index (κ1) is 24.6. The molecular formula is C24H46NOS+. The van der Waals surface area contributed by atoms with Gasteiger partial charge in [0.15, 0.2) is 12.7 Å². The van der Waals surface area contributed by atoms with Gasteiger partial charge < -0.3 is 4.74 Å². The standard InChI is InChI=1S/C24H46NOS/c1-2-3-4-5-6-7-8-9-10-11-12-13-14-15-16-17-21-26-22-18-19-25-20-23-27-24-25/h20,23-24H,2-19,21-22H2,1H3/q+1. The third-order valence-electron chi connectivity index (χ3n) is 5.37. The van der Waals surface area contributed by atoms with Gasteiger partial charge >= 0.3 is 0 Å². The zero-order chi connectivity index (χ0) is 19.3. The zero-order valence-corrected chi connectivity index (χ0v) is 19.0. The number of unbranched alkanes of at least 4 members (excludes halogenated alkanes) is 15. The van der Waals surface area contributed by atoms with E-state index in [4.69, 9.17) is 4.74 Å². The number of aryl methyl sites for hydroxylation is 1. The average molecular weight is 397 g/mol. The third kappa shape index (κ3) is 17.4. The molecule has 0 radical (unpaired) electrons. The van der Waals surface area contributed by atoms with E-state index in [-0.39, 0.29) is 0 Å². The SMILES string of the molecule is CCCCCCCCCCCCCCCCCCOCCC[n+]1ccsc1. The third-order valence-corrected chi connectivity index (χ3v) is 6.05. The molecule has 0 amide bonds. The van der Waals surface area contributed by atoms with Gasteiger partial charge in [0, 0.05) is 13.0 Å². The molecule has 1 heterocycles. The average Bonchev–Trinajstić information content (AvgIpc) is 3.20. The van der Waals surface area contributed by atoms with E-state index >= 15 is 0 Å². The van der Waals surface area contributed by atoms with Gasteiger partial charge in [-0.15, -0.1) is 0 Å². The minimum absolute atomic E-state index is 0.904. The van der Waals surface area contributed by atoms with Crippen LogP contribution >= 0.6 is 11.3 Å². The van der Waals surface area contributed by atoms with Crippen LogP contribution in [0.3, 0.4) is 0 Å². The van der Waals surface area contributed by atoms with Crippen LogP contribution in [0.1, 0.15) is 116 Å². The Bertz CT molecular complexity index is 380. The summed E-state index contributed by atoms with van der Waals surface area (Å²) in [5.74, 6) is 0. The second-order valence-corrected chi connectivity index (χ2v) is 8.79. The van der Waals surface area contributed by atoms with Gasteiger partial charge in [-0.3, -0.25) is 0 Å². The predicted octanol–water partition coefficient (Wildman–Crippen LogP) is 7.70. The molecular weight excluding hydrogens is 350 g/mol. The van der Waals surface area contributed by atoms with Crippen molar-refractivity contribution in [2.45, 2.75) is 123 Å². The summed E-state index contributed by atoms with van der Waals surface area (Å²) in [6, 6.07) is 0. The van der Waals surface area contributed by atoms with Gasteiger partial charge in [-0.1, -0.05) is 115 Å². The number of rotatable bonds is 21. The summed E-state index contributed by atoms with van der Waals surface area (Å²) < 4.78 is 7.98. The highest BCUT2D eigenvalue weighted by Crippen LogP contribution is 2.13. The number of thiazole rings is 1. The molecule has 0 spiro atoms. The number of hydrogen-bond donors (Lipinski definition) is 0. The first-order valence-electron chi connectivity index (χ1n) is 11.9. The molecule has 0 aliphatic heterocycles. The van der Waals surface area contributed by atoms with E-state index in [0.717, 1.165) is 26.2 Å². The van der Waals surface area contributed by atoms with Crippen LogP contribution in [-0.4, -0.2) is 13.2 Å². The molecule has 158 valence electrons. The molecule has 0 saturated carbocycles. The summed E-state index contributed by atoms with van der Waals surface area (Å²) in [6.07, 6.45) is 26.1. The van der Waals surface area contributed by atoms with Crippen molar-refractivity contribution in [3.05, 3.63) is 17.1 Å². The molecule has 0 saturated heterocycles. The predicted molar refractivity (Wildman–Crippen MR) is 119 cm³/mol. The molecule has 0 atom stereocenters. The van der Waals surface area contributed by atoms with Gasteiger partial charge in [-0.25, -0.2) is 0 Å². The summed E-state index contributed by atoms with van der Waals surface area (Å²) in [4.78, 5) is 0. The van der Waals surface area contributed by atoms with Gasteiger partial charge in [0.25, 0.3) is 0 Å². The zero-order valence-electron chi connectivity index (χ0n) is 18.1. The molecule has 2 nitrogen and oxygen atoms in total. The fourth-order valence-corrected chi connectivity index (χ4v) is 4.22. The van der Waals surface area contributed by atoms with Crippen LogP contribution in [0.5, 0.6) is 0 Å². The highest BCUT2D eigenvalue weighted by molar-refractivity contribution is 7.07. The maximum atomic E-state index is 5.74. The van der Waals surface area contributed by atoms with Gasteiger partial charge in [-0.2, -0.15) is 4.57 Å². The maximum Gasteiger partial charge on any atom is 0.224 e. The summed E-state index contributed by atoms with van der Waals surface area (Å²) >= 11 is 1.75. The number of nitrogens with zero attached hydrogens (tertiary/aromatic N) is 1. The van der Waals surface area contributed by atoms with E-state index in [1.54, 1.807) is 11.3 Å². The highest BCUT2D eigenvalue weighted by Gasteiger charge is 1.99. The highest BCUT2D eigenvalue weighted by atomic mass is 32.1. The fourth-order valence-electron chi connectivity index (χ4n) is 3.59. The Morgan fingerprint density at radius 1 is 0.630 bits per heavy atom. The Labute approximate surface area is 173 Å². The molecule has 0 unspecified atom stereocenters. The van der Waals surface area contributed by atoms with Crippen LogP contribution in [0.15, 0.2) is 17.1 Å². The minimum atomic E-state index is 0.904. The van der Waals surface area contributed by atoms with E-state index in [0.29, 0.717) is 0 Å². The molecule has 0 bridgehead atoms. The van der Waals surface area contributed by atoms with Crippen LogP contribution in [0.4, 0.5) is 0 Å². The van der Waals surface area contributed by atoms with Crippen molar-refractivity contribution in [1.82, 2.24) is 0 Å². The number of ether oxygens (including phenoxy) is 1. The van der Waals surface area contributed by atoms with Crippen LogP contribution in [0.2, 0.25) is 0 Å². The van der Waals surface area contributed by atoms with Crippen molar-refractivity contribution < 1.29 is 9.30 Å². The summed E-state index contributed by atoms with van der Waals surface area (Å²) in [5, 5.41) is 2.12. The molecule has 3 heteroatoms. The summed E-state index contributed by atoms with van der Waals surface area (Å²) in [5.41, 5.74) is 2.16. The second-order valence-electron chi connectivity index (χ2n) is 8.03. The Morgan fingerprint density at radius 2 is 1.11 bits per heavy atom. The summed E-state index contributed by atoms with van der Waals surface area (Å²) in [6.45, 7) is 5.24. The first-order valence-corrected chi connectivity index (χ1v) is 12.9. The van der Waals surface area contributed by atoms with E-state index in [1.807, 2.05) is 0 Å². The van der Waals surface area contributed by atoms with Crippen molar-refractivity contribution in [3.63, 3.8) is 0 Å². The molecule has 0 aliphatic carbocycles. The minimum Gasteiger partial charge on any atom is -0.381 e. The van der Waals surface area contributed by atoms with Crippen molar-refractivity contribution in [3.8, 4) is 0 Å². The lowest BCUT2D eigenvalue weighted by Gasteiger charge is -2.04.